The van der Waals surface area contributed by atoms with E-state index in [1.54, 1.807) is 17.1 Å². The Morgan fingerprint density at radius 1 is 1.17 bits per heavy atom. The molecule has 5 rings (SSSR count). The van der Waals surface area contributed by atoms with Crippen molar-refractivity contribution in [2.24, 2.45) is 0 Å². The Bertz CT molecular complexity index is 1160. The highest BCUT2D eigenvalue weighted by Gasteiger charge is 2.21. The molecule has 30 heavy (non-hydrogen) atoms. The van der Waals surface area contributed by atoms with Crippen LogP contribution in [-0.2, 0) is 11.3 Å². The summed E-state index contributed by atoms with van der Waals surface area (Å²) in [5.41, 5.74) is 2.10. The summed E-state index contributed by atoms with van der Waals surface area (Å²) >= 11 is 1.25. The first-order chi connectivity index (χ1) is 14.7. The van der Waals surface area contributed by atoms with E-state index in [-0.39, 0.29) is 17.8 Å². The van der Waals surface area contributed by atoms with E-state index < -0.39 is 0 Å². The number of aromatic nitrogens is 3. The van der Waals surface area contributed by atoms with E-state index in [0.29, 0.717) is 29.6 Å². The lowest BCUT2D eigenvalue weighted by atomic mass is 10.2. The van der Waals surface area contributed by atoms with Crippen molar-refractivity contribution in [3.8, 4) is 11.5 Å². The molecule has 1 aliphatic heterocycles. The quantitative estimate of drug-likeness (QED) is 0.475. The monoisotopic (exact) mass is 422 g/mol. The molecule has 0 radical (unpaired) electrons. The molecule has 1 unspecified atom stereocenters. The number of thioether (sulfide) groups is 1. The molecule has 8 nitrogen and oxygen atoms in total. The summed E-state index contributed by atoms with van der Waals surface area (Å²) in [6, 6.07) is 15.1. The zero-order chi connectivity index (χ0) is 20.3. The third-order valence-corrected chi connectivity index (χ3v) is 5.30. The number of hydrogen-bond acceptors (Lipinski definition) is 7. The minimum Gasteiger partial charge on any atom is -0.486 e. The number of benzene rings is 2. The van der Waals surface area contributed by atoms with Crippen LogP contribution in [0.5, 0.6) is 11.5 Å². The van der Waals surface area contributed by atoms with E-state index in [1.165, 1.54) is 11.8 Å². The van der Waals surface area contributed by atoms with Crippen LogP contribution in [0.1, 0.15) is 0 Å². The number of oxazole rings is 1. The lowest BCUT2D eigenvalue weighted by molar-refractivity contribution is -0.113. The maximum Gasteiger partial charge on any atom is 0.257 e. The van der Waals surface area contributed by atoms with Crippen molar-refractivity contribution in [3.05, 3.63) is 60.9 Å². The highest BCUT2D eigenvalue weighted by molar-refractivity contribution is 7.99. The second kappa shape index (κ2) is 8.11. The number of anilines is 1. The number of carbonyl (C=O) groups excluding carboxylic acids is 1. The normalized spacial score (nSPS) is 15.3. The molecule has 0 aliphatic carbocycles. The van der Waals surface area contributed by atoms with Gasteiger partial charge in [-0.05, 0) is 24.3 Å². The minimum absolute atomic E-state index is 0.155. The fourth-order valence-corrected chi connectivity index (χ4v) is 3.77. The van der Waals surface area contributed by atoms with Crippen LogP contribution in [0.3, 0.4) is 0 Å². The molecule has 2 aromatic carbocycles. The predicted octanol–water partition coefficient (Wildman–Crippen LogP) is 3.60. The molecule has 0 bridgehead atoms. The number of nitrogens with zero attached hydrogens (tertiary/aromatic N) is 3. The number of fused-ring (bicyclic) bond motifs is 2. The lowest BCUT2D eigenvalue weighted by Crippen LogP contribution is -2.33. The van der Waals surface area contributed by atoms with Crippen LogP contribution in [0.25, 0.3) is 11.1 Å². The van der Waals surface area contributed by atoms with Crippen molar-refractivity contribution >= 4 is 34.5 Å². The first kappa shape index (κ1) is 18.6. The maximum atomic E-state index is 12.3. The predicted molar refractivity (Wildman–Crippen MR) is 112 cm³/mol. The maximum absolute atomic E-state index is 12.3. The van der Waals surface area contributed by atoms with Gasteiger partial charge in [0.25, 0.3) is 5.22 Å². The number of amides is 1. The number of hydrogen-bond donors (Lipinski definition) is 1. The van der Waals surface area contributed by atoms with Crippen molar-refractivity contribution in [3.63, 3.8) is 0 Å². The van der Waals surface area contributed by atoms with Crippen molar-refractivity contribution in [2.75, 3.05) is 17.7 Å². The van der Waals surface area contributed by atoms with E-state index >= 15 is 0 Å². The second-order valence-electron chi connectivity index (χ2n) is 6.73. The summed E-state index contributed by atoms with van der Waals surface area (Å²) in [6.45, 7) is 0.960. The van der Waals surface area contributed by atoms with Crippen molar-refractivity contribution < 1.29 is 18.7 Å². The summed E-state index contributed by atoms with van der Waals surface area (Å²) < 4.78 is 19.0. The summed E-state index contributed by atoms with van der Waals surface area (Å²) in [7, 11) is 0. The molecule has 1 N–H and O–H groups in total. The SMILES string of the molecule is O=C(CSc1nc2ccccc2o1)Nc1cnn(CC2COc3ccccc3O2)c1. The molecule has 2 aromatic heterocycles. The number of para-hydroxylation sites is 4. The first-order valence-electron chi connectivity index (χ1n) is 9.42. The Kier molecular flexibility index (Phi) is 5.02. The molecule has 3 heterocycles. The van der Waals surface area contributed by atoms with Gasteiger partial charge in [-0.2, -0.15) is 5.10 Å². The fourth-order valence-electron chi connectivity index (χ4n) is 3.13. The largest absolute Gasteiger partial charge is 0.486 e. The van der Waals surface area contributed by atoms with Crippen molar-refractivity contribution in [2.45, 2.75) is 17.9 Å². The van der Waals surface area contributed by atoms with Crippen LogP contribution in [0.2, 0.25) is 0 Å². The van der Waals surface area contributed by atoms with Gasteiger partial charge in [-0.15, -0.1) is 0 Å². The van der Waals surface area contributed by atoms with Crippen LogP contribution < -0.4 is 14.8 Å². The lowest BCUT2D eigenvalue weighted by Gasteiger charge is -2.26. The highest BCUT2D eigenvalue weighted by Crippen LogP contribution is 2.31. The van der Waals surface area contributed by atoms with Gasteiger partial charge in [0.15, 0.2) is 23.2 Å². The Hall–Kier alpha value is -3.46. The molecule has 0 saturated carbocycles. The summed E-state index contributed by atoms with van der Waals surface area (Å²) in [5.74, 6) is 1.51. The van der Waals surface area contributed by atoms with Gasteiger partial charge in [-0.3, -0.25) is 9.48 Å². The topological polar surface area (TPSA) is 91.4 Å². The standard InChI is InChI=1S/C21H18N4O4S/c26-20(13-30-21-24-16-5-1-2-6-17(16)29-21)23-14-9-22-25(10-14)11-15-12-27-18-7-3-4-8-19(18)28-15/h1-10,15H,11-13H2,(H,23,26). The molecule has 0 fully saturated rings. The second-order valence-corrected chi connectivity index (χ2v) is 7.66. The molecule has 1 atom stereocenters. The van der Waals surface area contributed by atoms with Crippen LogP contribution in [-0.4, -0.2) is 39.1 Å². The number of carbonyl (C=O) groups is 1. The smallest absolute Gasteiger partial charge is 0.257 e. The Balaban J connectivity index is 1.13. The first-order valence-corrected chi connectivity index (χ1v) is 10.4. The van der Waals surface area contributed by atoms with E-state index in [2.05, 4.69) is 15.4 Å². The highest BCUT2D eigenvalue weighted by atomic mass is 32.2. The van der Waals surface area contributed by atoms with Gasteiger partial charge < -0.3 is 19.2 Å². The van der Waals surface area contributed by atoms with Crippen LogP contribution in [0, 0.1) is 0 Å². The molecule has 0 spiro atoms. The van der Waals surface area contributed by atoms with Crippen LogP contribution in [0.15, 0.2) is 70.6 Å². The Morgan fingerprint density at radius 3 is 2.90 bits per heavy atom. The zero-order valence-corrected chi connectivity index (χ0v) is 16.7. The number of nitrogens with one attached hydrogen (secondary N) is 1. The van der Waals surface area contributed by atoms with Gasteiger partial charge in [0.05, 0.1) is 24.2 Å². The van der Waals surface area contributed by atoms with Gasteiger partial charge in [-0.25, -0.2) is 4.98 Å². The van der Waals surface area contributed by atoms with E-state index in [1.807, 2.05) is 48.5 Å². The van der Waals surface area contributed by atoms with E-state index in [0.717, 1.165) is 17.0 Å². The molecule has 1 amide bonds. The van der Waals surface area contributed by atoms with Gasteiger partial charge in [0.2, 0.25) is 5.91 Å². The van der Waals surface area contributed by atoms with Crippen LogP contribution >= 0.6 is 11.8 Å². The molecule has 4 aromatic rings. The van der Waals surface area contributed by atoms with Gasteiger partial charge >= 0.3 is 0 Å². The average molecular weight is 422 g/mol. The summed E-state index contributed by atoms with van der Waals surface area (Å²) in [6.07, 6.45) is 3.23. The zero-order valence-electron chi connectivity index (χ0n) is 15.9. The summed E-state index contributed by atoms with van der Waals surface area (Å²) in [4.78, 5) is 16.6. The fraction of sp³-hybridized carbons (Fsp3) is 0.190. The van der Waals surface area contributed by atoms with Gasteiger partial charge in [0.1, 0.15) is 12.1 Å². The average Bonchev–Trinajstić information content (AvgIpc) is 3.38. The Morgan fingerprint density at radius 2 is 2.00 bits per heavy atom. The van der Waals surface area contributed by atoms with Crippen molar-refractivity contribution in [1.82, 2.24) is 14.8 Å². The van der Waals surface area contributed by atoms with Crippen molar-refractivity contribution in [1.29, 1.82) is 0 Å². The number of rotatable bonds is 6. The summed E-state index contributed by atoms with van der Waals surface area (Å²) in [5, 5.41) is 7.60. The molecular weight excluding hydrogens is 404 g/mol. The van der Waals surface area contributed by atoms with Gasteiger partial charge in [0, 0.05) is 6.20 Å². The molecule has 1 aliphatic rings. The number of ether oxygens (including phenoxy) is 2. The van der Waals surface area contributed by atoms with Crippen LogP contribution in [0.4, 0.5) is 5.69 Å². The minimum atomic E-state index is -0.159. The third kappa shape index (κ3) is 4.11. The molecule has 9 heteroatoms. The van der Waals surface area contributed by atoms with E-state index in [4.69, 9.17) is 13.9 Å². The molecule has 152 valence electrons. The molecular formula is C21H18N4O4S. The molecule has 0 saturated heterocycles. The van der Waals surface area contributed by atoms with E-state index in [9.17, 15) is 4.79 Å². The third-order valence-electron chi connectivity index (χ3n) is 4.48. The van der Waals surface area contributed by atoms with Gasteiger partial charge in [-0.1, -0.05) is 36.0 Å². The Labute approximate surface area is 176 Å².